The van der Waals surface area contributed by atoms with Crippen molar-refractivity contribution in [2.45, 2.75) is 19.9 Å². The molecule has 2 nitrogen and oxygen atoms in total. The Morgan fingerprint density at radius 3 is 2.50 bits per heavy atom. The molecule has 0 atom stereocenters. The maximum atomic E-state index is 4.53. The number of benzene rings is 1. The van der Waals surface area contributed by atoms with Crippen LogP contribution >= 0.6 is 15.9 Å². The number of aromatic nitrogens is 1. The van der Waals surface area contributed by atoms with Crippen LogP contribution in [0.3, 0.4) is 0 Å². The quantitative estimate of drug-likeness (QED) is 0.767. The Labute approximate surface area is 117 Å². The summed E-state index contributed by atoms with van der Waals surface area (Å²) in [7, 11) is 0. The Morgan fingerprint density at radius 2 is 1.83 bits per heavy atom. The summed E-state index contributed by atoms with van der Waals surface area (Å²) in [5, 5.41) is 0. The molecular weight excluding hydrogens is 288 g/mol. The predicted octanol–water partition coefficient (Wildman–Crippen LogP) is 4.26. The second-order valence-corrected chi connectivity index (χ2v) is 5.04. The maximum Gasteiger partial charge on any atom is 0.130 e. The van der Waals surface area contributed by atoms with Gasteiger partial charge in [0, 0.05) is 13.1 Å². The van der Waals surface area contributed by atoms with E-state index in [4.69, 9.17) is 0 Å². The molecule has 0 fully saturated rings. The molecule has 0 radical (unpaired) electrons. The first-order valence-corrected chi connectivity index (χ1v) is 7.00. The van der Waals surface area contributed by atoms with E-state index in [1.54, 1.807) is 0 Å². The van der Waals surface area contributed by atoms with Crippen molar-refractivity contribution >= 4 is 21.7 Å². The Kier molecular flexibility index (Phi) is 4.76. The van der Waals surface area contributed by atoms with Crippen molar-refractivity contribution in [2.75, 3.05) is 11.4 Å². The molecule has 0 saturated heterocycles. The van der Waals surface area contributed by atoms with Gasteiger partial charge in [0.05, 0.1) is 0 Å². The van der Waals surface area contributed by atoms with Crippen molar-refractivity contribution in [3.8, 4) is 0 Å². The van der Waals surface area contributed by atoms with E-state index in [2.05, 4.69) is 63.1 Å². The highest BCUT2D eigenvalue weighted by molar-refractivity contribution is 9.10. The van der Waals surface area contributed by atoms with Crippen LogP contribution in [-0.4, -0.2) is 11.5 Å². The summed E-state index contributed by atoms with van der Waals surface area (Å²) in [6, 6.07) is 16.5. The molecule has 0 unspecified atom stereocenters. The third-order valence-electron chi connectivity index (χ3n) is 2.73. The van der Waals surface area contributed by atoms with Gasteiger partial charge in [0.2, 0.25) is 0 Å². The lowest BCUT2D eigenvalue weighted by Crippen LogP contribution is -2.24. The molecule has 0 spiro atoms. The van der Waals surface area contributed by atoms with Gasteiger partial charge in [-0.15, -0.1) is 0 Å². The van der Waals surface area contributed by atoms with Crippen LogP contribution in [0.5, 0.6) is 0 Å². The van der Waals surface area contributed by atoms with Gasteiger partial charge in [-0.05, 0) is 40.0 Å². The second-order valence-electron chi connectivity index (χ2n) is 4.23. The van der Waals surface area contributed by atoms with E-state index in [-0.39, 0.29) is 0 Å². The molecule has 3 heteroatoms. The van der Waals surface area contributed by atoms with E-state index in [0.29, 0.717) is 0 Å². The molecule has 0 aliphatic rings. The molecule has 1 aromatic heterocycles. The average molecular weight is 305 g/mol. The monoisotopic (exact) mass is 304 g/mol. The zero-order valence-electron chi connectivity index (χ0n) is 10.5. The van der Waals surface area contributed by atoms with Crippen LogP contribution in [-0.2, 0) is 6.54 Å². The largest absolute Gasteiger partial charge is 0.352 e. The minimum Gasteiger partial charge on any atom is -0.352 e. The lowest BCUT2D eigenvalue weighted by Gasteiger charge is -2.23. The summed E-state index contributed by atoms with van der Waals surface area (Å²) < 4.78 is 0.883. The van der Waals surface area contributed by atoms with E-state index in [1.165, 1.54) is 5.56 Å². The molecule has 1 heterocycles. The fourth-order valence-electron chi connectivity index (χ4n) is 1.92. The van der Waals surface area contributed by atoms with E-state index < -0.39 is 0 Å². The first kappa shape index (κ1) is 13.1. The van der Waals surface area contributed by atoms with E-state index in [1.807, 2.05) is 18.2 Å². The molecule has 2 rings (SSSR count). The van der Waals surface area contributed by atoms with Crippen LogP contribution in [0.25, 0.3) is 0 Å². The Balaban J connectivity index is 2.18. The molecule has 0 saturated carbocycles. The summed E-state index contributed by atoms with van der Waals surface area (Å²) >= 11 is 3.43. The summed E-state index contributed by atoms with van der Waals surface area (Å²) in [6.45, 7) is 4.10. The van der Waals surface area contributed by atoms with Crippen molar-refractivity contribution in [3.63, 3.8) is 0 Å². The van der Waals surface area contributed by atoms with Crippen molar-refractivity contribution in [1.29, 1.82) is 0 Å². The molecule has 0 N–H and O–H groups in total. The second kappa shape index (κ2) is 6.55. The Bertz CT molecular complexity index is 485. The molecule has 18 heavy (non-hydrogen) atoms. The summed E-state index contributed by atoms with van der Waals surface area (Å²) in [5.41, 5.74) is 1.31. The van der Waals surface area contributed by atoms with Gasteiger partial charge in [-0.25, -0.2) is 4.98 Å². The van der Waals surface area contributed by atoms with E-state index >= 15 is 0 Å². The minimum atomic E-state index is 0.883. The van der Waals surface area contributed by atoms with Crippen LogP contribution in [0.1, 0.15) is 18.9 Å². The topological polar surface area (TPSA) is 16.1 Å². The van der Waals surface area contributed by atoms with Crippen molar-refractivity contribution in [1.82, 2.24) is 4.98 Å². The van der Waals surface area contributed by atoms with Gasteiger partial charge < -0.3 is 4.90 Å². The lowest BCUT2D eigenvalue weighted by atomic mass is 10.2. The number of hydrogen-bond donors (Lipinski definition) is 0. The van der Waals surface area contributed by atoms with Crippen LogP contribution in [0, 0.1) is 0 Å². The van der Waals surface area contributed by atoms with Crippen LogP contribution in [0.4, 0.5) is 5.82 Å². The molecule has 0 amide bonds. The molecule has 0 aliphatic carbocycles. The average Bonchev–Trinajstić information content (AvgIpc) is 2.39. The van der Waals surface area contributed by atoms with Gasteiger partial charge in [0.25, 0.3) is 0 Å². The third-order valence-corrected chi connectivity index (χ3v) is 3.18. The Hall–Kier alpha value is -1.35. The van der Waals surface area contributed by atoms with Gasteiger partial charge in [-0.2, -0.15) is 0 Å². The first-order valence-electron chi connectivity index (χ1n) is 6.21. The number of anilines is 1. The van der Waals surface area contributed by atoms with Crippen molar-refractivity contribution < 1.29 is 0 Å². The minimum absolute atomic E-state index is 0.883. The highest BCUT2D eigenvalue weighted by Crippen LogP contribution is 2.17. The summed E-state index contributed by atoms with van der Waals surface area (Å²) in [4.78, 5) is 6.84. The van der Waals surface area contributed by atoms with Gasteiger partial charge in [-0.3, -0.25) is 0 Å². The van der Waals surface area contributed by atoms with Gasteiger partial charge >= 0.3 is 0 Å². The number of hydrogen-bond acceptors (Lipinski definition) is 2. The maximum absolute atomic E-state index is 4.53. The lowest BCUT2D eigenvalue weighted by molar-refractivity contribution is 0.753. The van der Waals surface area contributed by atoms with E-state index in [0.717, 1.165) is 29.9 Å². The predicted molar refractivity (Wildman–Crippen MR) is 79.7 cm³/mol. The highest BCUT2D eigenvalue weighted by Gasteiger charge is 2.07. The summed E-state index contributed by atoms with van der Waals surface area (Å²) in [6.07, 6.45) is 1.11. The van der Waals surface area contributed by atoms with Crippen LogP contribution in [0.15, 0.2) is 53.1 Å². The first-order chi connectivity index (χ1) is 8.79. The highest BCUT2D eigenvalue weighted by atomic mass is 79.9. The van der Waals surface area contributed by atoms with Gasteiger partial charge in [-0.1, -0.05) is 43.3 Å². The molecule has 0 bridgehead atoms. The summed E-state index contributed by atoms with van der Waals surface area (Å²) in [5.74, 6) is 1.02. The molecule has 2 aromatic rings. The fraction of sp³-hybridized carbons (Fsp3) is 0.267. The van der Waals surface area contributed by atoms with Crippen LogP contribution in [0.2, 0.25) is 0 Å². The zero-order chi connectivity index (χ0) is 12.8. The number of rotatable bonds is 5. The molecule has 94 valence electrons. The standard InChI is InChI=1S/C15H17BrN2/c1-2-11-18(12-13-7-4-3-5-8-13)15-10-6-9-14(16)17-15/h3-10H,2,11-12H2,1H3. The zero-order valence-corrected chi connectivity index (χ0v) is 12.1. The SMILES string of the molecule is CCCN(Cc1ccccc1)c1cccc(Br)n1. The number of nitrogens with zero attached hydrogens (tertiary/aromatic N) is 2. The van der Waals surface area contributed by atoms with Crippen molar-refractivity contribution in [3.05, 3.63) is 58.7 Å². The van der Waals surface area contributed by atoms with Gasteiger partial charge in [0.15, 0.2) is 0 Å². The number of halogens is 1. The third kappa shape index (κ3) is 3.57. The molecule has 0 aliphatic heterocycles. The number of pyridine rings is 1. The Morgan fingerprint density at radius 1 is 1.06 bits per heavy atom. The van der Waals surface area contributed by atoms with Gasteiger partial charge in [0.1, 0.15) is 10.4 Å². The molecule has 1 aromatic carbocycles. The fourth-order valence-corrected chi connectivity index (χ4v) is 2.26. The van der Waals surface area contributed by atoms with E-state index in [9.17, 15) is 0 Å². The molecular formula is C15H17BrN2. The van der Waals surface area contributed by atoms with Crippen molar-refractivity contribution in [2.24, 2.45) is 0 Å². The normalized spacial score (nSPS) is 10.3. The smallest absolute Gasteiger partial charge is 0.130 e. The van der Waals surface area contributed by atoms with Crippen LogP contribution < -0.4 is 4.90 Å².